The number of benzene rings is 1. The van der Waals surface area contributed by atoms with Gasteiger partial charge >= 0.3 is 5.97 Å². The van der Waals surface area contributed by atoms with Crippen LogP contribution in [0, 0.1) is 0 Å². The smallest absolute Gasteiger partial charge is 0.308 e. The quantitative estimate of drug-likeness (QED) is 0.869. The number of thiazole rings is 1. The molecule has 0 aliphatic heterocycles. The van der Waals surface area contributed by atoms with Crippen molar-refractivity contribution in [3.05, 3.63) is 29.3 Å². The summed E-state index contributed by atoms with van der Waals surface area (Å²) in [6, 6.07) is 7.25. The van der Waals surface area contributed by atoms with Crippen LogP contribution in [0.4, 0.5) is 0 Å². The van der Waals surface area contributed by atoms with E-state index in [1.807, 2.05) is 24.3 Å². The Kier molecular flexibility index (Phi) is 4.11. The number of nitrogens with zero attached hydrogens (tertiary/aromatic N) is 1. The van der Waals surface area contributed by atoms with Gasteiger partial charge in [0.15, 0.2) is 0 Å². The number of carbonyl (C=O) groups is 2. The number of hydrogen-bond donors (Lipinski definition) is 1. The summed E-state index contributed by atoms with van der Waals surface area (Å²) in [5.41, 5.74) is 0.864. The predicted octanol–water partition coefficient (Wildman–Crippen LogP) is 2.04. The van der Waals surface area contributed by atoms with E-state index < -0.39 is 6.04 Å². The standard InChI is InChI=1S/C13H14N2O3S/c1-8(16)14-10(7-12(17)18-2)13-15-9-5-3-4-6-11(9)19-13/h3-6,10H,7H2,1-2H3,(H,14,16)/t10-/m1/s1. The number of esters is 1. The first-order valence-electron chi connectivity index (χ1n) is 5.79. The van der Waals surface area contributed by atoms with Gasteiger partial charge in [-0.3, -0.25) is 9.59 Å². The van der Waals surface area contributed by atoms with E-state index in [0.717, 1.165) is 10.2 Å². The summed E-state index contributed by atoms with van der Waals surface area (Å²) < 4.78 is 5.67. The molecule has 1 N–H and O–H groups in total. The zero-order valence-corrected chi connectivity index (χ0v) is 11.5. The molecule has 19 heavy (non-hydrogen) atoms. The topological polar surface area (TPSA) is 68.3 Å². The molecule has 6 heteroatoms. The van der Waals surface area contributed by atoms with Crippen LogP contribution in [0.1, 0.15) is 24.4 Å². The molecule has 100 valence electrons. The molecule has 5 nitrogen and oxygen atoms in total. The summed E-state index contributed by atoms with van der Waals surface area (Å²) in [6.45, 7) is 1.41. The van der Waals surface area contributed by atoms with Crippen molar-refractivity contribution in [2.75, 3.05) is 7.11 Å². The van der Waals surface area contributed by atoms with Crippen LogP contribution >= 0.6 is 11.3 Å². The van der Waals surface area contributed by atoms with Gasteiger partial charge < -0.3 is 10.1 Å². The number of nitrogens with one attached hydrogen (secondary N) is 1. The first-order chi connectivity index (χ1) is 9.10. The highest BCUT2D eigenvalue weighted by Gasteiger charge is 2.21. The van der Waals surface area contributed by atoms with Crippen molar-refractivity contribution in [3.63, 3.8) is 0 Å². The third-order valence-electron chi connectivity index (χ3n) is 2.58. The second kappa shape index (κ2) is 5.79. The minimum absolute atomic E-state index is 0.0793. The van der Waals surface area contributed by atoms with Crippen LogP contribution in [0.3, 0.4) is 0 Å². The summed E-state index contributed by atoms with van der Waals surface area (Å²) in [4.78, 5) is 27.1. The predicted molar refractivity (Wildman–Crippen MR) is 72.8 cm³/mol. The monoisotopic (exact) mass is 278 g/mol. The summed E-state index contributed by atoms with van der Waals surface area (Å²) in [7, 11) is 1.32. The fraction of sp³-hybridized carbons (Fsp3) is 0.308. The second-order valence-corrected chi connectivity index (χ2v) is 5.12. The number of carbonyl (C=O) groups excluding carboxylic acids is 2. The van der Waals surface area contributed by atoms with E-state index in [9.17, 15) is 9.59 Å². The van der Waals surface area contributed by atoms with Crippen molar-refractivity contribution in [2.45, 2.75) is 19.4 Å². The molecule has 1 atom stereocenters. The molecule has 1 heterocycles. The summed E-state index contributed by atoms with van der Waals surface area (Å²) in [5.74, 6) is -0.578. The maximum atomic E-state index is 11.4. The summed E-state index contributed by atoms with van der Waals surface area (Å²) in [6.07, 6.45) is 0.0793. The molecule has 1 aromatic heterocycles. The Morgan fingerprint density at radius 2 is 2.16 bits per heavy atom. The Labute approximate surface area is 114 Å². The van der Waals surface area contributed by atoms with Gasteiger partial charge in [0.1, 0.15) is 5.01 Å². The van der Waals surface area contributed by atoms with Crippen molar-refractivity contribution in [2.24, 2.45) is 0 Å². The van der Waals surface area contributed by atoms with Gasteiger partial charge in [0, 0.05) is 6.92 Å². The Bertz CT molecular complexity index is 576. The lowest BCUT2D eigenvalue weighted by Gasteiger charge is -2.13. The number of fused-ring (bicyclic) bond motifs is 1. The summed E-state index contributed by atoms with van der Waals surface area (Å²) >= 11 is 1.47. The second-order valence-electron chi connectivity index (χ2n) is 4.05. The van der Waals surface area contributed by atoms with Gasteiger partial charge in [-0.2, -0.15) is 0 Å². The van der Waals surface area contributed by atoms with Crippen LogP contribution in [-0.2, 0) is 14.3 Å². The van der Waals surface area contributed by atoms with Gasteiger partial charge in [-0.05, 0) is 12.1 Å². The van der Waals surface area contributed by atoms with E-state index in [1.165, 1.54) is 25.4 Å². The maximum absolute atomic E-state index is 11.4. The van der Waals surface area contributed by atoms with E-state index in [1.54, 1.807) is 0 Å². The van der Waals surface area contributed by atoms with Crippen molar-refractivity contribution < 1.29 is 14.3 Å². The molecule has 1 amide bonds. The lowest BCUT2D eigenvalue weighted by Crippen LogP contribution is -2.28. The molecule has 0 unspecified atom stereocenters. The highest BCUT2D eigenvalue weighted by molar-refractivity contribution is 7.18. The fourth-order valence-electron chi connectivity index (χ4n) is 1.73. The molecule has 0 radical (unpaired) electrons. The SMILES string of the molecule is COC(=O)C[C@@H](NC(C)=O)c1nc2ccccc2s1. The van der Waals surface area contributed by atoms with E-state index in [2.05, 4.69) is 15.0 Å². The molecule has 0 aliphatic carbocycles. The van der Waals surface area contributed by atoms with E-state index in [0.29, 0.717) is 5.01 Å². The number of ether oxygens (including phenoxy) is 1. The van der Waals surface area contributed by atoms with Gasteiger partial charge in [-0.25, -0.2) is 4.98 Å². The first-order valence-corrected chi connectivity index (χ1v) is 6.61. The number of amides is 1. The van der Waals surface area contributed by atoms with Crippen molar-refractivity contribution in [1.82, 2.24) is 10.3 Å². The highest BCUT2D eigenvalue weighted by atomic mass is 32.1. The van der Waals surface area contributed by atoms with E-state index in [-0.39, 0.29) is 18.3 Å². The molecular formula is C13H14N2O3S. The average molecular weight is 278 g/mol. The normalized spacial score (nSPS) is 12.1. The first kappa shape index (κ1) is 13.5. The minimum Gasteiger partial charge on any atom is -0.469 e. The zero-order chi connectivity index (χ0) is 13.8. The zero-order valence-electron chi connectivity index (χ0n) is 10.7. The van der Waals surface area contributed by atoms with E-state index >= 15 is 0 Å². The number of methoxy groups -OCH3 is 1. The summed E-state index contributed by atoms with van der Waals surface area (Å²) in [5, 5.41) is 3.44. The van der Waals surface area contributed by atoms with Crippen LogP contribution in [0.5, 0.6) is 0 Å². The van der Waals surface area contributed by atoms with Crippen molar-refractivity contribution in [3.8, 4) is 0 Å². The third kappa shape index (κ3) is 3.29. The molecule has 2 aromatic rings. The largest absolute Gasteiger partial charge is 0.469 e. The molecule has 2 rings (SSSR count). The third-order valence-corrected chi connectivity index (χ3v) is 3.73. The van der Waals surface area contributed by atoms with Crippen LogP contribution < -0.4 is 5.32 Å². The lowest BCUT2D eigenvalue weighted by molar-refractivity contribution is -0.141. The minimum atomic E-state index is -0.442. The molecular weight excluding hydrogens is 264 g/mol. The Morgan fingerprint density at radius 3 is 2.79 bits per heavy atom. The number of para-hydroxylation sites is 1. The molecule has 1 aromatic carbocycles. The van der Waals surface area contributed by atoms with Crippen LogP contribution in [-0.4, -0.2) is 24.0 Å². The molecule has 0 saturated heterocycles. The molecule has 0 saturated carbocycles. The van der Waals surface area contributed by atoms with Crippen LogP contribution in [0.15, 0.2) is 24.3 Å². The van der Waals surface area contributed by atoms with Gasteiger partial charge in [0.2, 0.25) is 5.91 Å². The highest BCUT2D eigenvalue weighted by Crippen LogP contribution is 2.28. The van der Waals surface area contributed by atoms with Crippen molar-refractivity contribution >= 4 is 33.4 Å². The molecule has 0 aliphatic rings. The van der Waals surface area contributed by atoms with Gasteiger partial charge in [-0.15, -0.1) is 11.3 Å². The van der Waals surface area contributed by atoms with Crippen molar-refractivity contribution in [1.29, 1.82) is 0 Å². The van der Waals surface area contributed by atoms with Gasteiger partial charge in [0.25, 0.3) is 0 Å². The lowest BCUT2D eigenvalue weighted by atomic mass is 10.2. The van der Waals surface area contributed by atoms with Gasteiger partial charge in [-0.1, -0.05) is 12.1 Å². The average Bonchev–Trinajstić information content (AvgIpc) is 2.80. The number of hydrogen-bond acceptors (Lipinski definition) is 5. The number of aromatic nitrogens is 1. The van der Waals surface area contributed by atoms with Crippen LogP contribution in [0.25, 0.3) is 10.2 Å². The molecule has 0 bridgehead atoms. The maximum Gasteiger partial charge on any atom is 0.308 e. The van der Waals surface area contributed by atoms with Gasteiger partial charge in [0.05, 0.1) is 29.8 Å². The fourth-order valence-corrected chi connectivity index (χ4v) is 2.75. The Morgan fingerprint density at radius 1 is 1.42 bits per heavy atom. The van der Waals surface area contributed by atoms with Crippen LogP contribution in [0.2, 0.25) is 0 Å². The Balaban J connectivity index is 2.30. The number of rotatable bonds is 4. The Hall–Kier alpha value is -1.95. The molecule has 0 spiro atoms. The molecule has 0 fully saturated rings. The van der Waals surface area contributed by atoms with E-state index in [4.69, 9.17) is 0 Å².